The number of hydrogen-bond acceptors (Lipinski definition) is 1. The molecule has 0 N–H and O–H groups in total. The molecule has 1 amide bonds. The minimum Gasteiger partial charge on any atom is -0.342 e. The summed E-state index contributed by atoms with van der Waals surface area (Å²) in [5, 5.41) is 0. The number of nitrogens with zero attached hydrogens (tertiary/aromatic N) is 1. The van der Waals surface area contributed by atoms with Gasteiger partial charge < -0.3 is 4.90 Å². The predicted molar refractivity (Wildman–Crippen MR) is 43.1 cm³/mol. The zero-order valence-electron chi connectivity index (χ0n) is 7.05. The average molecular weight is 153 g/mol. The Balaban J connectivity index is 1.87. The molecule has 1 saturated heterocycles. The summed E-state index contributed by atoms with van der Waals surface area (Å²) < 4.78 is 0. The van der Waals surface area contributed by atoms with Gasteiger partial charge in [-0.2, -0.15) is 0 Å². The van der Waals surface area contributed by atoms with Crippen LogP contribution in [0.4, 0.5) is 0 Å². The lowest BCUT2D eigenvalue weighted by Crippen LogP contribution is -2.27. The highest BCUT2D eigenvalue weighted by molar-refractivity contribution is 5.78. The van der Waals surface area contributed by atoms with Gasteiger partial charge in [0.05, 0.1) is 0 Å². The normalized spacial score (nSPS) is 31.5. The summed E-state index contributed by atoms with van der Waals surface area (Å²) in [5.74, 6) is 1.83. The first-order chi connectivity index (χ1) is 5.25. The molecular weight excluding hydrogens is 138 g/mol. The van der Waals surface area contributed by atoms with E-state index in [1.807, 2.05) is 4.90 Å². The molecule has 1 atom stereocenters. The van der Waals surface area contributed by atoms with Crippen molar-refractivity contribution in [2.45, 2.75) is 26.2 Å². The molecule has 1 saturated carbocycles. The summed E-state index contributed by atoms with van der Waals surface area (Å²) in [6.07, 6.45) is 3.48. The average Bonchev–Trinajstić information content (AvgIpc) is 2.64. The van der Waals surface area contributed by atoms with E-state index in [1.54, 1.807) is 0 Å². The van der Waals surface area contributed by atoms with Crippen molar-refractivity contribution in [1.29, 1.82) is 0 Å². The highest BCUT2D eigenvalue weighted by atomic mass is 16.2. The van der Waals surface area contributed by atoms with E-state index in [4.69, 9.17) is 0 Å². The van der Waals surface area contributed by atoms with Gasteiger partial charge in [0.25, 0.3) is 0 Å². The molecule has 0 aromatic heterocycles. The van der Waals surface area contributed by atoms with Gasteiger partial charge in [0.15, 0.2) is 0 Å². The highest BCUT2D eigenvalue weighted by Crippen LogP contribution is 2.31. The molecule has 0 aromatic rings. The fourth-order valence-corrected chi connectivity index (χ4v) is 1.76. The third kappa shape index (κ3) is 1.55. The molecule has 0 spiro atoms. The Morgan fingerprint density at radius 2 is 2.27 bits per heavy atom. The van der Waals surface area contributed by atoms with Crippen molar-refractivity contribution in [1.82, 2.24) is 4.90 Å². The number of rotatable bonds is 2. The summed E-state index contributed by atoms with van der Waals surface area (Å²) in [6, 6.07) is 0. The quantitative estimate of drug-likeness (QED) is 0.585. The van der Waals surface area contributed by atoms with Crippen molar-refractivity contribution < 1.29 is 4.79 Å². The second-order valence-electron chi connectivity index (χ2n) is 4.05. The van der Waals surface area contributed by atoms with Crippen LogP contribution in [0.3, 0.4) is 0 Å². The van der Waals surface area contributed by atoms with Crippen LogP contribution in [0, 0.1) is 11.8 Å². The van der Waals surface area contributed by atoms with Crippen LogP contribution >= 0.6 is 0 Å². The van der Waals surface area contributed by atoms with E-state index in [-0.39, 0.29) is 0 Å². The molecule has 1 aliphatic heterocycles. The number of carbonyl (C=O) groups is 1. The van der Waals surface area contributed by atoms with Crippen LogP contribution in [-0.2, 0) is 4.79 Å². The molecule has 1 unspecified atom stereocenters. The van der Waals surface area contributed by atoms with E-state index >= 15 is 0 Å². The Labute approximate surface area is 67.6 Å². The third-order valence-corrected chi connectivity index (χ3v) is 2.58. The molecule has 2 aliphatic rings. The van der Waals surface area contributed by atoms with Crippen LogP contribution in [0.25, 0.3) is 0 Å². The van der Waals surface area contributed by atoms with Crippen molar-refractivity contribution in [3.63, 3.8) is 0 Å². The van der Waals surface area contributed by atoms with E-state index in [9.17, 15) is 4.79 Å². The first-order valence-corrected chi connectivity index (χ1v) is 4.53. The largest absolute Gasteiger partial charge is 0.342 e. The lowest BCUT2D eigenvalue weighted by Gasteiger charge is -2.14. The molecule has 2 rings (SSSR count). The highest BCUT2D eigenvalue weighted by Gasteiger charge is 2.31. The van der Waals surface area contributed by atoms with Gasteiger partial charge in [-0.1, -0.05) is 6.92 Å². The van der Waals surface area contributed by atoms with Crippen molar-refractivity contribution in [3.05, 3.63) is 0 Å². The fourth-order valence-electron chi connectivity index (χ4n) is 1.76. The number of carbonyl (C=O) groups excluding carboxylic acids is 1. The second kappa shape index (κ2) is 2.50. The van der Waals surface area contributed by atoms with E-state index in [1.165, 1.54) is 12.8 Å². The van der Waals surface area contributed by atoms with Gasteiger partial charge in [-0.05, 0) is 24.7 Å². The van der Waals surface area contributed by atoms with Crippen LogP contribution in [-0.4, -0.2) is 23.9 Å². The molecule has 11 heavy (non-hydrogen) atoms. The standard InChI is InChI=1S/C9H15NO/c1-7-4-9(11)10(5-7)6-8-2-3-8/h7-8H,2-6H2,1H3. The molecule has 62 valence electrons. The van der Waals surface area contributed by atoms with Crippen LogP contribution in [0.5, 0.6) is 0 Å². The summed E-state index contributed by atoms with van der Waals surface area (Å²) >= 11 is 0. The minimum absolute atomic E-state index is 0.379. The maximum Gasteiger partial charge on any atom is 0.222 e. The number of hydrogen-bond donors (Lipinski definition) is 0. The Morgan fingerprint density at radius 1 is 1.55 bits per heavy atom. The molecule has 1 heterocycles. The summed E-state index contributed by atoms with van der Waals surface area (Å²) in [4.78, 5) is 13.3. The Hall–Kier alpha value is -0.530. The number of likely N-dealkylation sites (tertiary alicyclic amines) is 1. The van der Waals surface area contributed by atoms with E-state index < -0.39 is 0 Å². The third-order valence-electron chi connectivity index (χ3n) is 2.58. The minimum atomic E-state index is 0.379. The van der Waals surface area contributed by atoms with E-state index in [0.717, 1.165) is 25.4 Å². The van der Waals surface area contributed by atoms with Crippen LogP contribution in [0.15, 0.2) is 0 Å². The molecule has 0 bridgehead atoms. The van der Waals surface area contributed by atoms with Gasteiger partial charge in [0.1, 0.15) is 0 Å². The monoisotopic (exact) mass is 153 g/mol. The van der Waals surface area contributed by atoms with Crippen LogP contribution in [0.1, 0.15) is 26.2 Å². The maximum absolute atomic E-state index is 11.3. The zero-order valence-corrected chi connectivity index (χ0v) is 7.05. The summed E-state index contributed by atoms with van der Waals surface area (Å²) in [6.45, 7) is 4.21. The van der Waals surface area contributed by atoms with Crippen molar-refractivity contribution in [3.8, 4) is 0 Å². The predicted octanol–water partition coefficient (Wildman–Crippen LogP) is 1.26. The molecular formula is C9H15NO. The summed E-state index contributed by atoms with van der Waals surface area (Å²) in [7, 11) is 0. The number of amides is 1. The molecule has 0 radical (unpaired) electrons. The fraction of sp³-hybridized carbons (Fsp3) is 0.889. The molecule has 2 heteroatoms. The van der Waals surface area contributed by atoms with Gasteiger partial charge in [-0.25, -0.2) is 0 Å². The van der Waals surface area contributed by atoms with Gasteiger partial charge in [0, 0.05) is 19.5 Å². The van der Waals surface area contributed by atoms with Crippen molar-refractivity contribution in [2.24, 2.45) is 11.8 Å². The topological polar surface area (TPSA) is 20.3 Å². The van der Waals surface area contributed by atoms with Gasteiger partial charge >= 0.3 is 0 Å². The smallest absolute Gasteiger partial charge is 0.222 e. The lowest BCUT2D eigenvalue weighted by atomic mass is 10.2. The van der Waals surface area contributed by atoms with Gasteiger partial charge in [-0.3, -0.25) is 4.79 Å². The van der Waals surface area contributed by atoms with Gasteiger partial charge in [0.2, 0.25) is 5.91 Å². The molecule has 2 nitrogen and oxygen atoms in total. The van der Waals surface area contributed by atoms with Crippen molar-refractivity contribution >= 4 is 5.91 Å². The first kappa shape index (κ1) is 7.14. The first-order valence-electron chi connectivity index (χ1n) is 4.53. The van der Waals surface area contributed by atoms with Crippen LogP contribution < -0.4 is 0 Å². The maximum atomic E-state index is 11.3. The lowest BCUT2D eigenvalue weighted by molar-refractivity contribution is -0.127. The zero-order chi connectivity index (χ0) is 7.84. The Bertz CT molecular complexity index is 174. The van der Waals surface area contributed by atoms with E-state index in [0.29, 0.717) is 11.8 Å². The summed E-state index contributed by atoms with van der Waals surface area (Å²) in [5.41, 5.74) is 0. The Kier molecular flexibility index (Phi) is 1.63. The molecule has 1 aliphatic carbocycles. The Morgan fingerprint density at radius 3 is 2.73 bits per heavy atom. The van der Waals surface area contributed by atoms with Crippen molar-refractivity contribution in [2.75, 3.05) is 13.1 Å². The second-order valence-corrected chi connectivity index (χ2v) is 4.05. The van der Waals surface area contributed by atoms with Crippen LogP contribution in [0.2, 0.25) is 0 Å². The molecule has 2 fully saturated rings. The molecule has 0 aromatic carbocycles. The van der Waals surface area contributed by atoms with E-state index in [2.05, 4.69) is 6.92 Å². The van der Waals surface area contributed by atoms with Gasteiger partial charge in [-0.15, -0.1) is 0 Å². The SMILES string of the molecule is CC1CC(=O)N(CC2CC2)C1.